The molecule has 7 nitrogen and oxygen atoms in total. The first-order valence-electron chi connectivity index (χ1n) is 10.3. The Labute approximate surface area is 186 Å². The van der Waals surface area contributed by atoms with Crippen LogP contribution in [0.3, 0.4) is 0 Å². The highest BCUT2D eigenvalue weighted by molar-refractivity contribution is 7.16. The summed E-state index contributed by atoms with van der Waals surface area (Å²) in [6, 6.07) is 7.54. The molecule has 0 saturated heterocycles. The van der Waals surface area contributed by atoms with Gasteiger partial charge in [-0.3, -0.25) is 0 Å². The molecule has 0 fully saturated rings. The number of rotatable bonds is 7. The standard InChI is InChI=1S/C21H21N5O2S.C2H6/c1-13(4-3-8-22)20-24-14(2)19(29-20)16-7-9-23-21(26-16)25-15-5-6-17-18(12-15)28-11-10-27-17;1-2/h5-9,12,22H,1,3-4,10-11H2,2H3,(H,23,25,26);1-2H3. The van der Waals surface area contributed by atoms with E-state index >= 15 is 0 Å². The average Bonchev–Trinajstić information content (AvgIpc) is 3.20. The van der Waals surface area contributed by atoms with Gasteiger partial charge in [-0.25, -0.2) is 15.0 Å². The van der Waals surface area contributed by atoms with Crippen LogP contribution >= 0.6 is 11.3 Å². The van der Waals surface area contributed by atoms with Gasteiger partial charge in [-0.2, -0.15) is 0 Å². The van der Waals surface area contributed by atoms with E-state index in [4.69, 9.17) is 14.9 Å². The van der Waals surface area contributed by atoms with Crippen LogP contribution < -0.4 is 14.8 Å². The maximum Gasteiger partial charge on any atom is 0.227 e. The van der Waals surface area contributed by atoms with Crippen LogP contribution in [0.5, 0.6) is 11.5 Å². The molecule has 1 aliphatic heterocycles. The molecule has 2 N–H and O–H groups in total. The van der Waals surface area contributed by atoms with Crippen molar-refractivity contribution >= 4 is 34.8 Å². The van der Waals surface area contributed by atoms with Crippen LogP contribution in [-0.4, -0.2) is 34.4 Å². The maximum atomic E-state index is 7.19. The first kappa shape index (κ1) is 22.4. The number of anilines is 2. The Hall–Kier alpha value is -3.26. The van der Waals surface area contributed by atoms with Crippen LogP contribution in [0.2, 0.25) is 0 Å². The topological polar surface area (TPSA) is 93.0 Å². The minimum atomic E-state index is 0.496. The predicted molar refractivity (Wildman–Crippen MR) is 127 cm³/mol. The van der Waals surface area contributed by atoms with Crippen molar-refractivity contribution in [3.05, 3.63) is 47.7 Å². The van der Waals surface area contributed by atoms with Crippen LogP contribution in [0.15, 0.2) is 37.0 Å². The molecule has 0 spiro atoms. The Bertz CT molecular complexity index is 1060. The van der Waals surface area contributed by atoms with Gasteiger partial charge >= 0.3 is 0 Å². The quantitative estimate of drug-likeness (QED) is 0.448. The lowest BCUT2D eigenvalue weighted by Crippen LogP contribution is -2.15. The predicted octanol–water partition coefficient (Wildman–Crippen LogP) is 5.89. The van der Waals surface area contributed by atoms with Crippen LogP contribution in [0, 0.1) is 12.3 Å². The molecular formula is C23H27N5O2S. The highest BCUT2D eigenvalue weighted by Gasteiger charge is 2.15. The van der Waals surface area contributed by atoms with Gasteiger partial charge in [0, 0.05) is 18.0 Å². The summed E-state index contributed by atoms with van der Waals surface area (Å²) in [5.74, 6) is 1.95. The van der Waals surface area contributed by atoms with Crippen molar-refractivity contribution in [2.45, 2.75) is 33.6 Å². The van der Waals surface area contributed by atoms with Crippen molar-refractivity contribution in [3.8, 4) is 22.1 Å². The summed E-state index contributed by atoms with van der Waals surface area (Å²) in [5.41, 5.74) is 3.48. The Balaban J connectivity index is 0.00000132. The molecular weight excluding hydrogens is 410 g/mol. The molecule has 0 unspecified atom stereocenters. The van der Waals surface area contributed by atoms with E-state index in [0.717, 1.165) is 44.7 Å². The molecule has 1 aromatic carbocycles. The van der Waals surface area contributed by atoms with Gasteiger partial charge in [-0.05, 0) is 49.8 Å². The SMILES string of the molecule is C=C(CCC=N)c1nc(C)c(-c2ccnc(Nc3ccc4c(c3)OCCO4)n2)s1.CC. The number of nitrogens with one attached hydrogen (secondary N) is 2. The number of aryl methyl sites for hydroxylation is 1. The lowest BCUT2D eigenvalue weighted by atomic mass is 10.2. The van der Waals surface area contributed by atoms with E-state index in [2.05, 4.69) is 26.8 Å². The number of benzene rings is 1. The zero-order chi connectivity index (χ0) is 22.2. The van der Waals surface area contributed by atoms with Gasteiger partial charge < -0.3 is 20.2 Å². The highest BCUT2D eigenvalue weighted by atomic mass is 32.1. The molecule has 4 rings (SSSR count). The van der Waals surface area contributed by atoms with Crippen molar-refractivity contribution in [3.63, 3.8) is 0 Å². The molecule has 162 valence electrons. The van der Waals surface area contributed by atoms with Crippen LogP contribution in [0.4, 0.5) is 11.6 Å². The molecule has 0 amide bonds. The van der Waals surface area contributed by atoms with Crippen molar-refractivity contribution in [2.24, 2.45) is 0 Å². The molecule has 0 radical (unpaired) electrons. The summed E-state index contributed by atoms with van der Waals surface area (Å²) in [7, 11) is 0. The summed E-state index contributed by atoms with van der Waals surface area (Å²) in [5, 5.41) is 11.3. The molecule has 3 aromatic rings. The number of nitrogens with zero attached hydrogens (tertiary/aromatic N) is 3. The van der Waals surface area contributed by atoms with E-state index in [0.29, 0.717) is 31.3 Å². The van der Waals surface area contributed by atoms with Gasteiger partial charge in [0.05, 0.1) is 16.3 Å². The Morgan fingerprint density at radius 2 is 1.97 bits per heavy atom. The largest absolute Gasteiger partial charge is 0.486 e. The number of fused-ring (bicyclic) bond motifs is 1. The number of hydrogen-bond acceptors (Lipinski definition) is 8. The number of hydrogen-bond donors (Lipinski definition) is 2. The third-order valence-corrected chi connectivity index (χ3v) is 5.66. The highest BCUT2D eigenvalue weighted by Crippen LogP contribution is 2.35. The second-order valence-electron chi connectivity index (χ2n) is 6.53. The zero-order valence-corrected chi connectivity index (χ0v) is 18.9. The molecule has 0 atom stereocenters. The number of aromatic nitrogens is 3. The summed E-state index contributed by atoms with van der Waals surface area (Å²) in [6.07, 6.45) is 4.53. The monoisotopic (exact) mass is 437 g/mol. The van der Waals surface area contributed by atoms with Gasteiger partial charge in [0.25, 0.3) is 0 Å². The number of allylic oxidation sites excluding steroid dienone is 1. The second kappa shape index (κ2) is 10.7. The molecule has 3 heterocycles. The summed E-state index contributed by atoms with van der Waals surface area (Å²) in [4.78, 5) is 14.6. The maximum absolute atomic E-state index is 7.19. The third kappa shape index (κ3) is 5.46. The van der Waals surface area contributed by atoms with Crippen molar-refractivity contribution in [1.82, 2.24) is 15.0 Å². The fourth-order valence-electron chi connectivity index (χ4n) is 2.93. The first-order valence-corrected chi connectivity index (χ1v) is 11.1. The lowest BCUT2D eigenvalue weighted by Gasteiger charge is -2.19. The molecule has 0 saturated carbocycles. The zero-order valence-electron chi connectivity index (χ0n) is 18.1. The number of thiazole rings is 1. The van der Waals surface area contributed by atoms with E-state index in [-0.39, 0.29) is 0 Å². The molecule has 31 heavy (non-hydrogen) atoms. The third-order valence-electron chi connectivity index (χ3n) is 4.38. The molecule has 0 aliphatic carbocycles. The van der Waals surface area contributed by atoms with Crippen LogP contribution in [0.1, 0.15) is 37.4 Å². The molecule has 0 bridgehead atoms. The molecule has 2 aromatic heterocycles. The normalized spacial score (nSPS) is 11.8. The number of ether oxygens (including phenoxy) is 2. The first-order chi connectivity index (χ1) is 15.1. The van der Waals surface area contributed by atoms with E-state index in [1.54, 1.807) is 17.5 Å². The Morgan fingerprint density at radius 3 is 2.74 bits per heavy atom. The van der Waals surface area contributed by atoms with Crippen LogP contribution in [0.25, 0.3) is 16.1 Å². The molecule has 1 aliphatic rings. The summed E-state index contributed by atoms with van der Waals surface area (Å²) < 4.78 is 11.2. The van der Waals surface area contributed by atoms with Crippen LogP contribution in [-0.2, 0) is 0 Å². The van der Waals surface area contributed by atoms with Crippen molar-refractivity contribution in [2.75, 3.05) is 18.5 Å². The minimum Gasteiger partial charge on any atom is -0.486 e. The van der Waals surface area contributed by atoms with Gasteiger partial charge in [0.15, 0.2) is 11.5 Å². The van der Waals surface area contributed by atoms with E-state index in [9.17, 15) is 0 Å². The minimum absolute atomic E-state index is 0.496. The van der Waals surface area contributed by atoms with Crippen molar-refractivity contribution in [1.29, 1.82) is 5.41 Å². The van der Waals surface area contributed by atoms with E-state index < -0.39 is 0 Å². The van der Waals surface area contributed by atoms with Gasteiger partial charge in [-0.1, -0.05) is 20.4 Å². The summed E-state index contributed by atoms with van der Waals surface area (Å²) in [6.45, 7) is 11.2. The average molecular weight is 438 g/mol. The Kier molecular flexibility index (Phi) is 7.72. The smallest absolute Gasteiger partial charge is 0.227 e. The molecule has 8 heteroatoms. The lowest BCUT2D eigenvalue weighted by molar-refractivity contribution is 0.171. The van der Waals surface area contributed by atoms with E-state index in [1.165, 1.54) is 6.21 Å². The van der Waals surface area contributed by atoms with Gasteiger partial charge in [0.2, 0.25) is 5.95 Å². The van der Waals surface area contributed by atoms with E-state index in [1.807, 2.05) is 45.0 Å². The fraction of sp³-hybridized carbons (Fsp3) is 0.304. The summed E-state index contributed by atoms with van der Waals surface area (Å²) >= 11 is 1.56. The Morgan fingerprint density at radius 1 is 1.19 bits per heavy atom. The second-order valence-corrected chi connectivity index (χ2v) is 7.53. The van der Waals surface area contributed by atoms with Gasteiger partial charge in [-0.15, -0.1) is 11.3 Å². The fourth-order valence-corrected chi connectivity index (χ4v) is 3.97. The van der Waals surface area contributed by atoms with Gasteiger partial charge in [0.1, 0.15) is 18.2 Å². The van der Waals surface area contributed by atoms with Crippen molar-refractivity contribution < 1.29 is 9.47 Å².